The summed E-state index contributed by atoms with van der Waals surface area (Å²) in [6.45, 7) is 1.44. The molecule has 2 aromatic heterocycles. The number of hydrogen-bond donors (Lipinski definition) is 3. The molecule has 0 radical (unpaired) electrons. The summed E-state index contributed by atoms with van der Waals surface area (Å²) >= 11 is 0. The third kappa shape index (κ3) is 4.75. The number of halogens is 1. The lowest BCUT2D eigenvalue weighted by Crippen LogP contribution is -2.28. The van der Waals surface area contributed by atoms with Gasteiger partial charge in [-0.2, -0.15) is 4.98 Å². The van der Waals surface area contributed by atoms with E-state index in [-0.39, 0.29) is 23.8 Å². The molecule has 2 aliphatic rings. The van der Waals surface area contributed by atoms with E-state index in [1.54, 1.807) is 18.3 Å². The number of nitrogens with one attached hydrogen (secondary N) is 2. The van der Waals surface area contributed by atoms with Gasteiger partial charge in [-0.3, -0.25) is 9.36 Å². The van der Waals surface area contributed by atoms with Crippen LogP contribution in [0.3, 0.4) is 0 Å². The molecule has 2 fully saturated rings. The number of rotatable bonds is 6. The van der Waals surface area contributed by atoms with Crippen molar-refractivity contribution in [3.8, 4) is 0 Å². The summed E-state index contributed by atoms with van der Waals surface area (Å²) < 4.78 is 20.9. The third-order valence-corrected chi connectivity index (χ3v) is 6.50. The zero-order chi connectivity index (χ0) is 22.8. The van der Waals surface area contributed by atoms with E-state index in [2.05, 4.69) is 15.6 Å². The number of hydrogen-bond acceptors (Lipinski definition) is 7. The summed E-state index contributed by atoms with van der Waals surface area (Å²) in [5, 5.41) is 16.1. The van der Waals surface area contributed by atoms with Crippen LogP contribution < -0.4 is 10.6 Å². The number of aliphatic carboxylic acids is 1. The first-order valence-electron chi connectivity index (χ1n) is 11.4. The number of carboxylic acid groups (broad SMARTS) is 1. The zero-order valence-electron chi connectivity index (χ0n) is 18.2. The first kappa shape index (κ1) is 21.6. The minimum Gasteiger partial charge on any atom is -0.481 e. The normalized spacial score (nSPS) is 21.7. The average molecular weight is 455 g/mol. The SMILES string of the molecule is O=C(O)C1CCC(n2c(Nc3ccc(F)cc3)nc3cnc(NC4CCOCC4)nc32)CC1. The number of aromatic nitrogens is 4. The van der Waals surface area contributed by atoms with Gasteiger partial charge in [0.25, 0.3) is 0 Å². The van der Waals surface area contributed by atoms with Crippen LogP contribution in [0.2, 0.25) is 0 Å². The van der Waals surface area contributed by atoms with Crippen LogP contribution in [0.25, 0.3) is 11.2 Å². The number of fused-ring (bicyclic) bond motifs is 1. The van der Waals surface area contributed by atoms with Gasteiger partial charge in [-0.15, -0.1) is 0 Å². The molecular weight excluding hydrogens is 427 g/mol. The van der Waals surface area contributed by atoms with Gasteiger partial charge in [0.1, 0.15) is 11.3 Å². The molecule has 1 saturated heterocycles. The molecule has 1 aromatic carbocycles. The number of carboxylic acids is 1. The van der Waals surface area contributed by atoms with Crippen molar-refractivity contribution in [3.63, 3.8) is 0 Å². The largest absolute Gasteiger partial charge is 0.481 e. The van der Waals surface area contributed by atoms with Gasteiger partial charge in [-0.25, -0.2) is 14.4 Å². The summed E-state index contributed by atoms with van der Waals surface area (Å²) in [5.41, 5.74) is 2.06. The van der Waals surface area contributed by atoms with E-state index in [1.165, 1.54) is 12.1 Å². The summed E-state index contributed by atoms with van der Waals surface area (Å²) in [7, 11) is 0. The van der Waals surface area contributed by atoms with E-state index in [1.807, 2.05) is 4.57 Å². The highest BCUT2D eigenvalue weighted by atomic mass is 19.1. The van der Waals surface area contributed by atoms with E-state index >= 15 is 0 Å². The third-order valence-electron chi connectivity index (χ3n) is 6.50. The van der Waals surface area contributed by atoms with Crippen molar-refractivity contribution in [2.45, 2.75) is 50.6 Å². The maximum absolute atomic E-state index is 13.4. The van der Waals surface area contributed by atoms with Crippen LogP contribution in [-0.4, -0.2) is 49.9 Å². The molecule has 9 nitrogen and oxygen atoms in total. The molecule has 3 N–H and O–H groups in total. The Bertz CT molecular complexity index is 1120. The van der Waals surface area contributed by atoms with Crippen LogP contribution in [0.1, 0.15) is 44.6 Å². The first-order valence-corrected chi connectivity index (χ1v) is 11.4. The van der Waals surface area contributed by atoms with Crippen molar-refractivity contribution in [3.05, 3.63) is 36.3 Å². The monoisotopic (exact) mass is 454 g/mol. The highest BCUT2D eigenvalue weighted by Gasteiger charge is 2.30. The van der Waals surface area contributed by atoms with Gasteiger partial charge < -0.3 is 20.5 Å². The van der Waals surface area contributed by atoms with Gasteiger partial charge in [0.15, 0.2) is 5.65 Å². The van der Waals surface area contributed by atoms with Crippen molar-refractivity contribution in [2.24, 2.45) is 5.92 Å². The minimum atomic E-state index is -0.737. The van der Waals surface area contributed by atoms with Crippen LogP contribution >= 0.6 is 0 Å². The summed E-state index contributed by atoms with van der Waals surface area (Å²) in [6, 6.07) is 6.41. The summed E-state index contributed by atoms with van der Waals surface area (Å²) in [5.74, 6) is -0.226. The molecule has 0 unspecified atom stereocenters. The van der Waals surface area contributed by atoms with Gasteiger partial charge in [-0.1, -0.05) is 0 Å². The number of benzene rings is 1. The maximum atomic E-state index is 13.4. The molecule has 33 heavy (non-hydrogen) atoms. The Hall–Kier alpha value is -3.27. The van der Waals surface area contributed by atoms with Crippen LogP contribution in [0.4, 0.5) is 22.0 Å². The van der Waals surface area contributed by atoms with E-state index in [9.17, 15) is 14.3 Å². The standard InChI is InChI=1S/C23H27FN6O3/c24-15-3-5-16(6-4-15)27-23-28-19-13-25-22(26-17-9-11-33-12-10-17)29-20(19)30(23)18-7-1-14(2-8-18)21(31)32/h3-6,13-14,17-18H,1-2,7-12H2,(H,27,28)(H,31,32)(H,25,26,29). The van der Waals surface area contributed by atoms with Crippen molar-refractivity contribution in [1.82, 2.24) is 19.5 Å². The molecule has 10 heteroatoms. The van der Waals surface area contributed by atoms with Crippen molar-refractivity contribution in [2.75, 3.05) is 23.8 Å². The second kappa shape index (κ2) is 9.30. The molecular formula is C23H27FN6O3. The Labute approximate surface area is 190 Å². The Balaban J connectivity index is 1.48. The lowest BCUT2D eigenvalue weighted by Gasteiger charge is -2.28. The maximum Gasteiger partial charge on any atom is 0.306 e. The predicted octanol–water partition coefficient (Wildman–Crippen LogP) is 4.12. The summed E-state index contributed by atoms with van der Waals surface area (Å²) in [6.07, 6.45) is 6.15. The number of carbonyl (C=O) groups is 1. The number of anilines is 3. The highest BCUT2D eigenvalue weighted by Crippen LogP contribution is 2.37. The Morgan fingerprint density at radius 1 is 1.06 bits per heavy atom. The first-order chi connectivity index (χ1) is 16.1. The van der Waals surface area contributed by atoms with Gasteiger partial charge in [0, 0.05) is 31.0 Å². The van der Waals surface area contributed by atoms with Crippen molar-refractivity contribution >= 4 is 34.7 Å². The lowest BCUT2D eigenvalue weighted by atomic mass is 9.86. The van der Waals surface area contributed by atoms with Crippen molar-refractivity contribution in [1.29, 1.82) is 0 Å². The Morgan fingerprint density at radius 3 is 2.48 bits per heavy atom. The van der Waals surface area contributed by atoms with E-state index in [4.69, 9.17) is 14.7 Å². The van der Waals surface area contributed by atoms with E-state index in [0.717, 1.165) is 26.1 Å². The molecule has 0 amide bonds. The number of ether oxygens (including phenoxy) is 1. The van der Waals surface area contributed by atoms with Crippen LogP contribution in [0.5, 0.6) is 0 Å². The minimum absolute atomic E-state index is 0.0550. The van der Waals surface area contributed by atoms with Crippen LogP contribution in [-0.2, 0) is 9.53 Å². The van der Waals surface area contributed by atoms with Crippen molar-refractivity contribution < 1.29 is 19.0 Å². The molecule has 1 aliphatic heterocycles. The zero-order valence-corrected chi connectivity index (χ0v) is 18.2. The molecule has 0 bridgehead atoms. The van der Waals surface area contributed by atoms with E-state index in [0.29, 0.717) is 54.4 Å². The molecule has 1 saturated carbocycles. The van der Waals surface area contributed by atoms with Gasteiger partial charge >= 0.3 is 5.97 Å². The number of nitrogens with zero attached hydrogens (tertiary/aromatic N) is 4. The summed E-state index contributed by atoms with van der Waals surface area (Å²) in [4.78, 5) is 25.4. The number of imidazole rings is 1. The second-order valence-corrected chi connectivity index (χ2v) is 8.71. The molecule has 0 spiro atoms. The van der Waals surface area contributed by atoms with Gasteiger partial charge in [0.05, 0.1) is 12.1 Å². The molecule has 174 valence electrons. The smallest absolute Gasteiger partial charge is 0.306 e. The molecule has 3 aromatic rings. The molecule has 3 heterocycles. The van der Waals surface area contributed by atoms with Crippen LogP contribution in [0.15, 0.2) is 30.5 Å². The Morgan fingerprint density at radius 2 is 1.79 bits per heavy atom. The topological polar surface area (TPSA) is 114 Å². The molecule has 5 rings (SSSR count). The fourth-order valence-corrected chi connectivity index (χ4v) is 4.66. The fourth-order valence-electron chi connectivity index (χ4n) is 4.66. The predicted molar refractivity (Wildman–Crippen MR) is 121 cm³/mol. The quantitative estimate of drug-likeness (QED) is 0.510. The van der Waals surface area contributed by atoms with E-state index < -0.39 is 5.97 Å². The van der Waals surface area contributed by atoms with Gasteiger partial charge in [-0.05, 0) is 62.8 Å². The fraction of sp³-hybridized carbons (Fsp3) is 0.478. The van der Waals surface area contributed by atoms with Crippen LogP contribution in [0, 0.1) is 11.7 Å². The second-order valence-electron chi connectivity index (χ2n) is 8.71. The Kier molecular flexibility index (Phi) is 6.08. The molecule has 1 aliphatic carbocycles. The lowest BCUT2D eigenvalue weighted by molar-refractivity contribution is -0.143. The highest BCUT2D eigenvalue weighted by molar-refractivity contribution is 5.76. The average Bonchev–Trinajstić information content (AvgIpc) is 3.18. The van der Waals surface area contributed by atoms with Gasteiger partial charge in [0.2, 0.25) is 11.9 Å². The molecule has 0 atom stereocenters.